The van der Waals surface area contributed by atoms with Gasteiger partial charge in [-0.05, 0) is 19.3 Å². The molecule has 98 valence electrons. The van der Waals surface area contributed by atoms with E-state index in [0.29, 0.717) is 17.2 Å². The van der Waals surface area contributed by atoms with Crippen LogP contribution in [-0.2, 0) is 4.79 Å². The normalized spacial score (nSPS) is 27.1. The zero-order valence-electron chi connectivity index (χ0n) is 11.0. The third kappa shape index (κ3) is 2.63. The zero-order chi connectivity index (χ0) is 12.5. The molecule has 0 atom stereocenters. The summed E-state index contributed by atoms with van der Waals surface area (Å²) in [4.78, 5) is 14.6. The average Bonchev–Trinajstić information content (AvgIpc) is 2.38. The topological polar surface area (TPSA) is 46.3 Å². The molecule has 4 heteroatoms. The molecule has 2 N–H and O–H groups in total. The highest BCUT2D eigenvalue weighted by Gasteiger charge is 2.45. The van der Waals surface area contributed by atoms with Crippen molar-refractivity contribution in [2.75, 3.05) is 25.4 Å². The van der Waals surface area contributed by atoms with Crippen LogP contribution in [0.4, 0.5) is 0 Å². The number of thioether (sulfide) groups is 1. The van der Waals surface area contributed by atoms with Crippen LogP contribution in [0.15, 0.2) is 0 Å². The molecule has 1 amide bonds. The minimum atomic E-state index is -0.195. The third-order valence-corrected chi connectivity index (χ3v) is 5.65. The maximum Gasteiger partial charge on any atom is 0.230 e. The number of carbonyl (C=O) groups is 1. The fourth-order valence-corrected chi connectivity index (χ4v) is 3.77. The predicted octanol–water partition coefficient (Wildman–Crippen LogP) is 1.86. The molecule has 2 aliphatic rings. The van der Waals surface area contributed by atoms with Gasteiger partial charge in [-0.2, -0.15) is 11.8 Å². The van der Waals surface area contributed by atoms with Crippen molar-refractivity contribution in [2.45, 2.75) is 44.3 Å². The van der Waals surface area contributed by atoms with Crippen molar-refractivity contribution in [3.8, 4) is 0 Å². The second-order valence-electron chi connectivity index (χ2n) is 5.99. The summed E-state index contributed by atoms with van der Waals surface area (Å²) in [5.41, 5.74) is 5.62. The predicted molar refractivity (Wildman–Crippen MR) is 73.1 cm³/mol. The van der Waals surface area contributed by atoms with Crippen LogP contribution >= 0.6 is 11.8 Å². The lowest BCUT2D eigenvalue weighted by Gasteiger charge is -2.42. The zero-order valence-corrected chi connectivity index (χ0v) is 11.8. The van der Waals surface area contributed by atoms with Crippen molar-refractivity contribution in [2.24, 2.45) is 11.1 Å². The number of hydrogen-bond acceptors (Lipinski definition) is 3. The van der Waals surface area contributed by atoms with Crippen molar-refractivity contribution in [3.63, 3.8) is 0 Å². The monoisotopic (exact) mass is 256 g/mol. The van der Waals surface area contributed by atoms with E-state index < -0.39 is 0 Å². The summed E-state index contributed by atoms with van der Waals surface area (Å²) in [6, 6.07) is 0. The van der Waals surface area contributed by atoms with Gasteiger partial charge < -0.3 is 10.6 Å². The lowest BCUT2D eigenvalue weighted by atomic mass is 9.68. The van der Waals surface area contributed by atoms with Crippen LogP contribution in [0.25, 0.3) is 0 Å². The molecule has 0 aromatic heterocycles. The molecule has 0 unspecified atom stereocenters. The van der Waals surface area contributed by atoms with Crippen molar-refractivity contribution in [3.05, 3.63) is 0 Å². The molecule has 0 aromatic rings. The van der Waals surface area contributed by atoms with Crippen LogP contribution in [0, 0.1) is 5.41 Å². The Morgan fingerprint density at radius 3 is 2.53 bits per heavy atom. The summed E-state index contributed by atoms with van der Waals surface area (Å²) >= 11 is 1.98. The van der Waals surface area contributed by atoms with Crippen molar-refractivity contribution >= 4 is 17.7 Å². The number of hydrogen-bond donors (Lipinski definition) is 1. The van der Waals surface area contributed by atoms with Gasteiger partial charge in [0.1, 0.15) is 0 Å². The molecular weight excluding hydrogens is 232 g/mol. The summed E-state index contributed by atoms with van der Waals surface area (Å²) < 4.78 is 0.310. The number of carbonyl (C=O) groups excluding carboxylic acids is 1. The van der Waals surface area contributed by atoms with Gasteiger partial charge in [0.2, 0.25) is 5.91 Å². The molecule has 1 saturated heterocycles. The van der Waals surface area contributed by atoms with E-state index in [0.717, 1.165) is 44.5 Å². The van der Waals surface area contributed by atoms with E-state index in [2.05, 4.69) is 18.7 Å². The number of amides is 1. The number of nitrogens with zero attached hydrogens (tertiary/aromatic N) is 1. The first-order valence-electron chi connectivity index (χ1n) is 6.63. The minimum Gasteiger partial charge on any atom is -0.341 e. The smallest absolute Gasteiger partial charge is 0.230 e. The van der Waals surface area contributed by atoms with Crippen molar-refractivity contribution < 1.29 is 4.79 Å². The highest BCUT2D eigenvalue weighted by Crippen LogP contribution is 2.42. The quantitative estimate of drug-likeness (QED) is 0.820. The van der Waals surface area contributed by atoms with Gasteiger partial charge in [0.05, 0.1) is 5.41 Å². The van der Waals surface area contributed by atoms with Crippen molar-refractivity contribution in [1.82, 2.24) is 4.90 Å². The average molecular weight is 256 g/mol. The Morgan fingerprint density at radius 2 is 2.00 bits per heavy atom. The van der Waals surface area contributed by atoms with E-state index >= 15 is 0 Å². The van der Waals surface area contributed by atoms with Gasteiger partial charge in [0.25, 0.3) is 0 Å². The summed E-state index contributed by atoms with van der Waals surface area (Å²) in [6.07, 6.45) is 4.24. The minimum absolute atomic E-state index is 0.195. The van der Waals surface area contributed by atoms with Gasteiger partial charge in [-0.25, -0.2) is 0 Å². The summed E-state index contributed by atoms with van der Waals surface area (Å²) in [7, 11) is 0. The molecule has 0 radical (unpaired) electrons. The molecule has 0 bridgehead atoms. The van der Waals surface area contributed by atoms with Crippen LogP contribution < -0.4 is 5.73 Å². The fourth-order valence-electron chi connectivity index (χ4n) is 2.67. The van der Waals surface area contributed by atoms with Crippen LogP contribution in [0.1, 0.15) is 39.5 Å². The first kappa shape index (κ1) is 13.2. The highest BCUT2D eigenvalue weighted by molar-refractivity contribution is 8.00. The lowest BCUT2D eigenvalue weighted by Crippen LogP contribution is -2.52. The second-order valence-corrected chi connectivity index (χ2v) is 7.79. The number of rotatable bonds is 2. The van der Waals surface area contributed by atoms with Crippen LogP contribution in [-0.4, -0.2) is 40.9 Å². The Bertz CT molecular complexity index is 294. The van der Waals surface area contributed by atoms with Crippen LogP contribution in [0.2, 0.25) is 0 Å². The Balaban J connectivity index is 2.00. The molecule has 0 spiro atoms. The van der Waals surface area contributed by atoms with E-state index in [1.54, 1.807) is 0 Å². The largest absolute Gasteiger partial charge is 0.341 e. The van der Waals surface area contributed by atoms with Crippen LogP contribution in [0.3, 0.4) is 0 Å². The Hall–Kier alpha value is -0.220. The SMILES string of the molecule is CC1(C)CCN(C(=O)C2(CN)CCC2)CCS1. The van der Waals surface area contributed by atoms with Gasteiger partial charge in [-0.3, -0.25) is 4.79 Å². The van der Waals surface area contributed by atoms with Crippen molar-refractivity contribution in [1.29, 1.82) is 0 Å². The van der Waals surface area contributed by atoms with E-state index in [4.69, 9.17) is 5.73 Å². The summed E-state index contributed by atoms with van der Waals surface area (Å²) in [5, 5.41) is 0. The Kier molecular flexibility index (Phi) is 3.74. The van der Waals surface area contributed by atoms with Gasteiger partial charge in [-0.1, -0.05) is 20.3 Å². The Labute approximate surface area is 108 Å². The molecule has 0 aromatic carbocycles. The standard InChI is InChI=1S/C13H24N2OS/c1-12(2)6-7-15(8-9-17-12)11(16)13(10-14)4-3-5-13/h3-10,14H2,1-2H3. The van der Waals surface area contributed by atoms with Gasteiger partial charge in [0.15, 0.2) is 0 Å². The molecule has 1 heterocycles. The molecule has 1 aliphatic carbocycles. The maximum absolute atomic E-state index is 12.5. The molecule has 2 fully saturated rings. The molecule has 3 nitrogen and oxygen atoms in total. The Morgan fingerprint density at radius 1 is 1.29 bits per heavy atom. The van der Waals surface area contributed by atoms with Gasteiger partial charge in [-0.15, -0.1) is 0 Å². The maximum atomic E-state index is 12.5. The summed E-state index contributed by atoms with van der Waals surface area (Å²) in [5.74, 6) is 1.38. The number of nitrogens with two attached hydrogens (primary N) is 1. The molecular formula is C13H24N2OS. The molecule has 17 heavy (non-hydrogen) atoms. The second kappa shape index (κ2) is 4.81. The third-order valence-electron chi connectivity index (χ3n) is 4.28. The molecule has 1 aliphatic heterocycles. The first-order valence-corrected chi connectivity index (χ1v) is 7.61. The molecule has 2 rings (SSSR count). The van der Waals surface area contributed by atoms with Gasteiger partial charge >= 0.3 is 0 Å². The van der Waals surface area contributed by atoms with E-state index in [9.17, 15) is 4.79 Å². The first-order chi connectivity index (χ1) is 7.99. The fraction of sp³-hybridized carbons (Fsp3) is 0.923. The van der Waals surface area contributed by atoms with Crippen LogP contribution in [0.5, 0.6) is 0 Å². The van der Waals surface area contributed by atoms with Gasteiger partial charge in [0, 0.05) is 30.1 Å². The van der Waals surface area contributed by atoms with E-state index in [-0.39, 0.29) is 5.41 Å². The molecule has 1 saturated carbocycles. The highest BCUT2D eigenvalue weighted by atomic mass is 32.2. The van der Waals surface area contributed by atoms with E-state index in [1.807, 2.05) is 11.8 Å². The summed E-state index contributed by atoms with van der Waals surface area (Å²) in [6.45, 7) is 6.87. The lowest BCUT2D eigenvalue weighted by molar-refractivity contribution is -0.146. The van der Waals surface area contributed by atoms with E-state index in [1.165, 1.54) is 0 Å².